The van der Waals surface area contributed by atoms with E-state index >= 15 is 0 Å². The lowest BCUT2D eigenvalue weighted by molar-refractivity contribution is 0.0966. The average molecular weight is 144 g/mol. The molecule has 0 spiro atoms. The molecule has 2 N–H and O–H groups in total. The van der Waals surface area contributed by atoms with E-state index in [1.165, 1.54) is 4.90 Å². The Bertz CT molecular complexity index is 132. The van der Waals surface area contributed by atoms with Gasteiger partial charge in [0.1, 0.15) is 0 Å². The van der Waals surface area contributed by atoms with Crippen LogP contribution in [-0.4, -0.2) is 41.8 Å². The molecular formula is C6H12N2O2. The van der Waals surface area contributed by atoms with Crippen LogP contribution in [0.5, 0.6) is 0 Å². The summed E-state index contributed by atoms with van der Waals surface area (Å²) < 4.78 is 0. The second-order valence-corrected chi connectivity index (χ2v) is 2.44. The fourth-order valence-electron chi connectivity index (χ4n) is 1.05. The smallest absolute Gasteiger partial charge is 0.407 e. The topological polar surface area (TPSA) is 52.6 Å². The standard InChI is InChI=1S/C6H12N2O2/c1-2-7-5-3-8(4-5)6(9)10/h5,7H,2-4H2,1H3,(H,9,10). The molecule has 0 aliphatic carbocycles. The molecule has 1 rings (SSSR count). The Hall–Kier alpha value is -0.770. The van der Waals surface area contributed by atoms with Crippen LogP contribution in [0.1, 0.15) is 6.92 Å². The van der Waals surface area contributed by atoms with Crippen LogP contribution in [0.4, 0.5) is 4.79 Å². The number of nitrogens with one attached hydrogen (secondary N) is 1. The molecular weight excluding hydrogens is 132 g/mol. The molecule has 0 radical (unpaired) electrons. The lowest BCUT2D eigenvalue weighted by atomic mass is 10.1. The second-order valence-electron chi connectivity index (χ2n) is 2.44. The summed E-state index contributed by atoms with van der Waals surface area (Å²) in [4.78, 5) is 11.6. The molecule has 1 heterocycles. The van der Waals surface area contributed by atoms with Crippen LogP contribution in [0.2, 0.25) is 0 Å². The van der Waals surface area contributed by atoms with Crippen LogP contribution in [0.3, 0.4) is 0 Å². The normalized spacial score (nSPS) is 18.7. The molecule has 1 fully saturated rings. The van der Waals surface area contributed by atoms with Crippen LogP contribution in [0.25, 0.3) is 0 Å². The lowest BCUT2D eigenvalue weighted by Crippen LogP contribution is -2.59. The van der Waals surface area contributed by atoms with Gasteiger partial charge < -0.3 is 15.3 Å². The van der Waals surface area contributed by atoms with Gasteiger partial charge in [-0.2, -0.15) is 0 Å². The monoisotopic (exact) mass is 144 g/mol. The summed E-state index contributed by atoms with van der Waals surface area (Å²) in [5.41, 5.74) is 0. The lowest BCUT2D eigenvalue weighted by Gasteiger charge is -2.37. The number of carboxylic acid groups (broad SMARTS) is 1. The first kappa shape index (κ1) is 7.34. The Balaban J connectivity index is 2.12. The highest BCUT2D eigenvalue weighted by Crippen LogP contribution is 2.06. The summed E-state index contributed by atoms with van der Waals surface area (Å²) in [6.07, 6.45) is -0.811. The number of rotatable bonds is 2. The average Bonchev–Trinajstić information content (AvgIpc) is 1.76. The van der Waals surface area contributed by atoms with E-state index in [1.54, 1.807) is 0 Å². The van der Waals surface area contributed by atoms with Crippen LogP contribution in [-0.2, 0) is 0 Å². The summed E-state index contributed by atoms with van der Waals surface area (Å²) in [6.45, 7) is 4.22. The number of likely N-dealkylation sites (tertiary alicyclic amines) is 1. The van der Waals surface area contributed by atoms with E-state index in [0.717, 1.165) is 6.54 Å². The fraction of sp³-hybridized carbons (Fsp3) is 0.833. The van der Waals surface area contributed by atoms with Crippen molar-refractivity contribution in [2.45, 2.75) is 13.0 Å². The highest BCUT2D eigenvalue weighted by molar-refractivity contribution is 5.66. The molecule has 1 aliphatic heterocycles. The summed E-state index contributed by atoms with van der Waals surface area (Å²) in [7, 11) is 0. The van der Waals surface area contributed by atoms with E-state index in [-0.39, 0.29) is 0 Å². The van der Waals surface area contributed by atoms with Crippen molar-refractivity contribution >= 4 is 6.09 Å². The maximum Gasteiger partial charge on any atom is 0.407 e. The molecule has 0 aromatic heterocycles. The summed E-state index contributed by atoms with van der Waals surface area (Å²) in [5.74, 6) is 0. The number of hydrogen-bond donors (Lipinski definition) is 2. The van der Waals surface area contributed by atoms with E-state index in [1.807, 2.05) is 6.92 Å². The number of amides is 1. The fourth-order valence-corrected chi connectivity index (χ4v) is 1.05. The predicted octanol–water partition coefficient (Wildman–Crippen LogP) is -0.0419. The molecule has 0 aromatic carbocycles. The molecule has 0 bridgehead atoms. The molecule has 0 aromatic rings. The van der Waals surface area contributed by atoms with Crippen molar-refractivity contribution in [2.75, 3.05) is 19.6 Å². The van der Waals surface area contributed by atoms with Crippen molar-refractivity contribution in [1.29, 1.82) is 0 Å². The van der Waals surface area contributed by atoms with Gasteiger partial charge in [0.05, 0.1) is 0 Å². The van der Waals surface area contributed by atoms with E-state index in [9.17, 15) is 4.79 Å². The molecule has 0 atom stereocenters. The maximum absolute atomic E-state index is 10.2. The first-order valence-electron chi connectivity index (χ1n) is 3.45. The molecule has 4 heteroatoms. The first-order chi connectivity index (χ1) is 4.74. The van der Waals surface area contributed by atoms with E-state index in [2.05, 4.69) is 5.32 Å². The van der Waals surface area contributed by atoms with Gasteiger partial charge in [0, 0.05) is 19.1 Å². The Morgan fingerprint density at radius 3 is 2.80 bits per heavy atom. The van der Waals surface area contributed by atoms with Crippen molar-refractivity contribution < 1.29 is 9.90 Å². The highest BCUT2D eigenvalue weighted by Gasteiger charge is 2.28. The van der Waals surface area contributed by atoms with E-state index < -0.39 is 6.09 Å². The zero-order valence-electron chi connectivity index (χ0n) is 6.00. The quantitative estimate of drug-likeness (QED) is 0.571. The third kappa shape index (κ3) is 1.39. The van der Waals surface area contributed by atoms with Gasteiger partial charge in [0.2, 0.25) is 0 Å². The maximum atomic E-state index is 10.2. The number of hydrogen-bond acceptors (Lipinski definition) is 2. The van der Waals surface area contributed by atoms with Crippen molar-refractivity contribution in [3.63, 3.8) is 0 Å². The third-order valence-corrected chi connectivity index (χ3v) is 1.64. The van der Waals surface area contributed by atoms with Crippen LogP contribution < -0.4 is 5.32 Å². The van der Waals surface area contributed by atoms with Crippen LogP contribution in [0, 0.1) is 0 Å². The molecule has 0 unspecified atom stereocenters. The Morgan fingerprint density at radius 1 is 1.80 bits per heavy atom. The molecule has 0 saturated carbocycles. The summed E-state index contributed by atoms with van der Waals surface area (Å²) in [5, 5.41) is 11.6. The van der Waals surface area contributed by atoms with Crippen molar-refractivity contribution in [3.8, 4) is 0 Å². The van der Waals surface area contributed by atoms with Gasteiger partial charge in [-0.15, -0.1) is 0 Å². The molecule has 1 saturated heterocycles. The number of nitrogens with zero attached hydrogens (tertiary/aromatic N) is 1. The van der Waals surface area contributed by atoms with Gasteiger partial charge in [-0.05, 0) is 6.54 Å². The number of carbonyl (C=O) groups is 1. The van der Waals surface area contributed by atoms with E-state index in [4.69, 9.17) is 5.11 Å². The van der Waals surface area contributed by atoms with Gasteiger partial charge in [0.25, 0.3) is 0 Å². The minimum Gasteiger partial charge on any atom is -0.465 e. The van der Waals surface area contributed by atoms with Crippen molar-refractivity contribution in [3.05, 3.63) is 0 Å². The molecule has 58 valence electrons. The van der Waals surface area contributed by atoms with Crippen molar-refractivity contribution in [1.82, 2.24) is 10.2 Å². The molecule has 1 aliphatic rings. The Morgan fingerprint density at radius 2 is 2.40 bits per heavy atom. The van der Waals surface area contributed by atoms with Crippen molar-refractivity contribution in [2.24, 2.45) is 0 Å². The minimum atomic E-state index is -0.811. The van der Waals surface area contributed by atoms with Gasteiger partial charge in [0.15, 0.2) is 0 Å². The Kier molecular flexibility index (Phi) is 2.11. The number of likely N-dealkylation sites (N-methyl/N-ethyl adjacent to an activating group) is 1. The first-order valence-corrected chi connectivity index (χ1v) is 3.45. The molecule has 1 amide bonds. The van der Waals surface area contributed by atoms with Gasteiger partial charge >= 0.3 is 6.09 Å². The second kappa shape index (κ2) is 2.88. The SMILES string of the molecule is CCNC1CN(C(=O)O)C1. The zero-order chi connectivity index (χ0) is 7.56. The van der Waals surface area contributed by atoms with E-state index in [0.29, 0.717) is 19.1 Å². The summed E-state index contributed by atoms with van der Waals surface area (Å²) >= 11 is 0. The highest BCUT2D eigenvalue weighted by atomic mass is 16.4. The van der Waals surface area contributed by atoms with Crippen LogP contribution >= 0.6 is 0 Å². The zero-order valence-corrected chi connectivity index (χ0v) is 6.00. The minimum absolute atomic E-state index is 0.390. The van der Waals surface area contributed by atoms with Crippen LogP contribution in [0.15, 0.2) is 0 Å². The van der Waals surface area contributed by atoms with Gasteiger partial charge in [-0.3, -0.25) is 0 Å². The largest absolute Gasteiger partial charge is 0.465 e. The predicted molar refractivity (Wildman–Crippen MR) is 37.1 cm³/mol. The molecule has 4 nitrogen and oxygen atoms in total. The van der Waals surface area contributed by atoms with Gasteiger partial charge in [-0.25, -0.2) is 4.79 Å². The Labute approximate surface area is 59.8 Å². The summed E-state index contributed by atoms with van der Waals surface area (Å²) in [6, 6.07) is 0.390. The third-order valence-electron chi connectivity index (χ3n) is 1.64. The van der Waals surface area contributed by atoms with Gasteiger partial charge in [-0.1, -0.05) is 6.92 Å². The molecule has 10 heavy (non-hydrogen) atoms.